The average molecular weight is 454 g/mol. The fraction of sp³-hybridized carbons (Fsp3) is 0.650. The number of carbonyl (C=O) groups is 1. The first-order chi connectivity index (χ1) is 14.0. The summed E-state index contributed by atoms with van der Waals surface area (Å²) in [6.45, 7) is 0. The molecule has 10 heteroatoms. The van der Waals surface area contributed by atoms with Crippen molar-refractivity contribution in [2.75, 3.05) is 6.26 Å². The third kappa shape index (κ3) is 5.25. The third-order valence-electron chi connectivity index (χ3n) is 5.82. The molecule has 2 saturated carbocycles. The lowest BCUT2D eigenvalue weighted by atomic mass is 10.0. The Balaban J connectivity index is 1.88. The Bertz CT molecular complexity index is 774. The predicted molar refractivity (Wildman–Crippen MR) is 103 cm³/mol. The van der Waals surface area contributed by atoms with E-state index in [2.05, 4.69) is 10.6 Å². The van der Waals surface area contributed by atoms with Crippen LogP contribution >= 0.6 is 11.8 Å². The Kier molecular flexibility index (Phi) is 6.96. The molecule has 168 valence electrons. The minimum atomic E-state index is -5.09. The van der Waals surface area contributed by atoms with Gasteiger partial charge in [-0.05, 0) is 50.5 Å². The first-order valence-corrected chi connectivity index (χ1v) is 11.2. The zero-order chi connectivity index (χ0) is 22.1. The largest absolute Gasteiger partial charge is 0.417 e. The maximum absolute atomic E-state index is 13.6. The summed E-state index contributed by atoms with van der Waals surface area (Å²) in [5, 5.41) is 6.16. The van der Waals surface area contributed by atoms with Crippen molar-refractivity contribution in [3.05, 3.63) is 28.8 Å². The van der Waals surface area contributed by atoms with Gasteiger partial charge in [0.2, 0.25) is 0 Å². The van der Waals surface area contributed by atoms with Crippen molar-refractivity contribution in [3.8, 4) is 0 Å². The summed E-state index contributed by atoms with van der Waals surface area (Å²) < 4.78 is 80.0. The van der Waals surface area contributed by atoms with Gasteiger partial charge in [0.15, 0.2) is 0 Å². The highest BCUT2D eigenvalue weighted by atomic mass is 32.2. The molecule has 2 N–H and O–H groups in total. The van der Waals surface area contributed by atoms with Gasteiger partial charge in [-0.15, -0.1) is 11.8 Å². The van der Waals surface area contributed by atoms with E-state index in [-0.39, 0.29) is 23.0 Å². The van der Waals surface area contributed by atoms with E-state index in [1.54, 1.807) is 0 Å². The Hall–Kier alpha value is -1.42. The number of benzene rings is 1. The molecule has 0 saturated heterocycles. The third-order valence-corrected chi connectivity index (χ3v) is 6.58. The maximum Gasteiger partial charge on any atom is 0.417 e. The van der Waals surface area contributed by atoms with Crippen LogP contribution in [0.2, 0.25) is 0 Å². The second kappa shape index (κ2) is 8.98. The SMILES string of the molecule is CSc1cc(C(F)(F)F)cc(C(F)(F)F)c1C(=O)N[C@H]1CCC[C@H]1NC1CCCC1. The van der Waals surface area contributed by atoms with Gasteiger partial charge in [-0.1, -0.05) is 12.8 Å². The molecule has 0 spiro atoms. The number of alkyl halides is 6. The van der Waals surface area contributed by atoms with Gasteiger partial charge in [0.1, 0.15) is 0 Å². The lowest BCUT2D eigenvalue weighted by molar-refractivity contribution is -0.143. The molecule has 3 nitrogen and oxygen atoms in total. The number of hydrogen-bond acceptors (Lipinski definition) is 3. The highest BCUT2D eigenvalue weighted by Crippen LogP contribution is 2.41. The van der Waals surface area contributed by atoms with Crippen LogP contribution in [0.4, 0.5) is 26.3 Å². The van der Waals surface area contributed by atoms with Crippen LogP contribution in [0.1, 0.15) is 66.4 Å². The fourth-order valence-corrected chi connectivity index (χ4v) is 5.02. The minimum absolute atomic E-state index is 0.0253. The molecular weight excluding hydrogens is 430 g/mol. The molecular formula is C20H24F6N2OS. The van der Waals surface area contributed by atoms with E-state index in [1.165, 1.54) is 6.26 Å². The Morgan fingerprint density at radius 3 is 2.13 bits per heavy atom. The number of amides is 1. The van der Waals surface area contributed by atoms with E-state index < -0.39 is 35.0 Å². The van der Waals surface area contributed by atoms with Crippen LogP contribution in [0.15, 0.2) is 17.0 Å². The minimum Gasteiger partial charge on any atom is -0.348 e. The summed E-state index contributed by atoms with van der Waals surface area (Å²) >= 11 is 0.693. The van der Waals surface area contributed by atoms with Crippen molar-refractivity contribution in [2.24, 2.45) is 0 Å². The summed E-state index contributed by atoms with van der Waals surface area (Å²) in [4.78, 5) is 12.5. The molecule has 0 bridgehead atoms. The highest BCUT2D eigenvalue weighted by molar-refractivity contribution is 7.98. The van der Waals surface area contributed by atoms with Crippen molar-refractivity contribution in [2.45, 2.75) is 80.3 Å². The van der Waals surface area contributed by atoms with Crippen molar-refractivity contribution in [3.63, 3.8) is 0 Å². The second-order valence-electron chi connectivity index (χ2n) is 7.86. The molecule has 0 aliphatic heterocycles. The van der Waals surface area contributed by atoms with Crippen molar-refractivity contribution < 1.29 is 31.1 Å². The van der Waals surface area contributed by atoms with Crippen molar-refractivity contribution in [1.82, 2.24) is 10.6 Å². The van der Waals surface area contributed by atoms with Gasteiger partial charge in [0, 0.05) is 23.0 Å². The van der Waals surface area contributed by atoms with Crippen LogP contribution in [0.3, 0.4) is 0 Å². The summed E-state index contributed by atoms with van der Waals surface area (Å²) in [5.74, 6) is -0.981. The number of nitrogens with one attached hydrogen (secondary N) is 2. The normalized spacial score (nSPS) is 23.2. The number of rotatable bonds is 5. The van der Waals surface area contributed by atoms with E-state index in [1.807, 2.05) is 0 Å². The van der Waals surface area contributed by atoms with E-state index in [0.717, 1.165) is 38.5 Å². The maximum atomic E-state index is 13.6. The van der Waals surface area contributed by atoms with Gasteiger partial charge < -0.3 is 10.6 Å². The standard InChI is InChI=1S/C20H24F6N2OS/c1-30-16-10-11(19(21,22)23)9-13(20(24,25)26)17(16)18(29)28-15-8-4-7-14(15)27-12-5-2-3-6-12/h9-10,12,14-15,27H,2-8H2,1H3,(H,28,29)/t14-,15+/m1/s1. The smallest absolute Gasteiger partial charge is 0.348 e. The average Bonchev–Trinajstić information content (AvgIpc) is 3.32. The Morgan fingerprint density at radius 2 is 1.57 bits per heavy atom. The topological polar surface area (TPSA) is 41.1 Å². The van der Waals surface area contributed by atoms with Gasteiger partial charge >= 0.3 is 12.4 Å². The van der Waals surface area contributed by atoms with Gasteiger partial charge in [-0.3, -0.25) is 4.79 Å². The van der Waals surface area contributed by atoms with Crippen LogP contribution in [0.25, 0.3) is 0 Å². The molecule has 1 amide bonds. The van der Waals surface area contributed by atoms with Gasteiger partial charge in [0.25, 0.3) is 5.91 Å². The molecule has 30 heavy (non-hydrogen) atoms. The Morgan fingerprint density at radius 1 is 0.933 bits per heavy atom. The molecule has 0 heterocycles. The van der Waals surface area contributed by atoms with E-state index >= 15 is 0 Å². The summed E-state index contributed by atoms with van der Waals surface area (Å²) in [6, 6.07) is 0.579. The molecule has 0 aromatic heterocycles. The van der Waals surface area contributed by atoms with Crippen molar-refractivity contribution in [1.29, 1.82) is 0 Å². The zero-order valence-electron chi connectivity index (χ0n) is 16.4. The molecule has 1 aromatic rings. The van der Waals surface area contributed by atoms with Crippen molar-refractivity contribution >= 4 is 17.7 Å². The number of halogens is 6. The van der Waals surface area contributed by atoms with Crippen LogP contribution in [-0.2, 0) is 12.4 Å². The Labute approximate surface area is 175 Å². The number of hydrogen-bond donors (Lipinski definition) is 2. The highest BCUT2D eigenvalue weighted by Gasteiger charge is 2.42. The number of carbonyl (C=O) groups excluding carboxylic acids is 1. The van der Waals surface area contributed by atoms with E-state index in [0.29, 0.717) is 30.3 Å². The fourth-order valence-electron chi connectivity index (χ4n) is 4.37. The quantitative estimate of drug-likeness (QED) is 0.448. The molecule has 3 rings (SSSR count). The molecule has 0 unspecified atom stereocenters. The monoisotopic (exact) mass is 454 g/mol. The summed E-state index contributed by atoms with van der Waals surface area (Å²) in [5.41, 5.74) is -3.72. The molecule has 0 radical (unpaired) electrons. The zero-order valence-corrected chi connectivity index (χ0v) is 17.2. The van der Waals surface area contributed by atoms with Crippen LogP contribution in [0.5, 0.6) is 0 Å². The van der Waals surface area contributed by atoms with E-state index in [9.17, 15) is 31.1 Å². The summed E-state index contributed by atoms with van der Waals surface area (Å²) in [6.07, 6.45) is -2.12. The lowest BCUT2D eigenvalue weighted by Crippen LogP contribution is -2.49. The molecule has 2 aliphatic rings. The summed E-state index contributed by atoms with van der Waals surface area (Å²) in [7, 11) is 0. The van der Waals surface area contributed by atoms with Gasteiger partial charge in [-0.25, -0.2) is 0 Å². The van der Waals surface area contributed by atoms with Crippen LogP contribution < -0.4 is 10.6 Å². The number of thioether (sulfide) groups is 1. The van der Waals surface area contributed by atoms with Crippen LogP contribution in [-0.4, -0.2) is 30.3 Å². The first-order valence-electron chi connectivity index (χ1n) is 9.94. The van der Waals surface area contributed by atoms with Gasteiger partial charge in [0.05, 0.1) is 16.7 Å². The molecule has 2 aliphatic carbocycles. The lowest BCUT2D eigenvalue weighted by Gasteiger charge is -2.26. The van der Waals surface area contributed by atoms with Gasteiger partial charge in [-0.2, -0.15) is 26.3 Å². The second-order valence-corrected chi connectivity index (χ2v) is 8.71. The van der Waals surface area contributed by atoms with E-state index in [4.69, 9.17) is 0 Å². The molecule has 1 aromatic carbocycles. The predicted octanol–water partition coefficient (Wildman–Crippen LogP) is 5.63. The molecule has 2 fully saturated rings. The molecule has 2 atom stereocenters. The first kappa shape index (κ1) is 23.2. The van der Waals surface area contributed by atoms with Crippen LogP contribution in [0, 0.1) is 0 Å².